The number of nitrogens with zero attached hydrogens (tertiary/aromatic N) is 3. The molecule has 4 N–H and O–H groups in total. The third kappa shape index (κ3) is 4.00. The average molecular weight is 476 g/mol. The Balaban J connectivity index is 1.76. The molecule has 1 saturated heterocycles. The van der Waals surface area contributed by atoms with Gasteiger partial charge in [-0.25, -0.2) is 4.98 Å². The zero-order valence-corrected chi connectivity index (χ0v) is 20.7. The second-order valence-corrected chi connectivity index (χ2v) is 9.46. The van der Waals surface area contributed by atoms with Gasteiger partial charge < -0.3 is 25.5 Å². The van der Waals surface area contributed by atoms with Crippen molar-refractivity contribution in [3.8, 4) is 17.2 Å². The first-order valence-electron chi connectivity index (χ1n) is 12.0. The summed E-state index contributed by atoms with van der Waals surface area (Å²) < 4.78 is 6.34. The Labute approximate surface area is 205 Å². The molecule has 8 heteroatoms. The Kier molecular flexibility index (Phi) is 6.95. The molecule has 184 valence electrons. The topological polar surface area (TPSA) is 128 Å². The predicted octanol–water partition coefficient (Wildman–Crippen LogP) is 3.08. The molecule has 1 aliphatic heterocycles. The monoisotopic (exact) mass is 475 g/mol. The molecule has 0 radical (unpaired) electrons. The van der Waals surface area contributed by atoms with E-state index >= 15 is 0 Å². The second-order valence-electron chi connectivity index (χ2n) is 9.46. The minimum Gasteiger partial charge on any atom is -0.394 e. The van der Waals surface area contributed by atoms with Crippen molar-refractivity contribution in [3.05, 3.63) is 53.3 Å². The number of rotatable bonds is 6. The average Bonchev–Trinajstić information content (AvgIpc) is 3.31. The van der Waals surface area contributed by atoms with E-state index < -0.39 is 11.6 Å². The van der Waals surface area contributed by atoms with Crippen LogP contribution in [-0.2, 0) is 15.1 Å². The molecular weight excluding hydrogens is 442 g/mol. The van der Waals surface area contributed by atoms with E-state index in [1.165, 1.54) is 0 Å². The summed E-state index contributed by atoms with van der Waals surface area (Å²) in [6, 6.07) is 9.61. The number of carbonyl (C=O) groups is 1. The number of aliphatic hydroxyl groups is 1. The SMILES string of the molecule is CC[C@H]1CN(C(=O)C(N)CO)C[C@@H](C)[C@]1(OC)c1ccc(-c2ccnc3[nH]cc(C#N)c23)cc1C. The van der Waals surface area contributed by atoms with E-state index in [-0.39, 0.29) is 24.3 Å². The predicted molar refractivity (Wildman–Crippen MR) is 134 cm³/mol. The molecular formula is C27H33N5O3. The van der Waals surface area contributed by atoms with Crippen molar-refractivity contribution in [1.82, 2.24) is 14.9 Å². The fourth-order valence-electron chi connectivity index (χ4n) is 5.89. The number of ether oxygens (including phenoxy) is 1. The number of nitriles is 1. The van der Waals surface area contributed by atoms with Gasteiger partial charge in [0.15, 0.2) is 0 Å². The van der Waals surface area contributed by atoms with Crippen LogP contribution >= 0.6 is 0 Å². The molecule has 0 saturated carbocycles. The molecule has 0 spiro atoms. The third-order valence-corrected chi connectivity index (χ3v) is 7.58. The molecule has 1 aliphatic rings. The number of pyridine rings is 1. The Morgan fingerprint density at radius 1 is 1.43 bits per heavy atom. The van der Waals surface area contributed by atoms with Gasteiger partial charge in [0.2, 0.25) is 5.91 Å². The maximum atomic E-state index is 12.7. The van der Waals surface area contributed by atoms with Gasteiger partial charge in [0.1, 0.15) is 23.4 Å². The van der Waals surface area contributed by atoms with Gasteiger partial charge in [-0.3, -0.25) is 4.79 Å². The van der Waals surface area contributed by atoms with Crippen molar-refractivity contribution in [2.24, 2.45) is 17.6 Å². The number of likely N-dealkylation sites (tertiary alicyclic amines) is 1. The number of H-pyrrole nitrogens is 1. The van der Waals surface area contributed by atoms with Crippen molar-refractivity contribution in [1.29, 1.82) is 5.26 Å². The Bertz CT molecular complexity index is 1280. The molecule has 1 unspecified atom stereocenters. The quantitative estimate of drug-likeness (QED) is 0.503. The first-order chi connectivity index (χ1) is 16.8. The Hall–Kier alpha value is -3.25. The number of fused-ring (bicyclic) bond motifs is 1. The number of nitrogens with one attached hydrogen (secondary N) is 1. The molecule has 3 aromatic rings. The largest absolute Gasteiger partial charge is 0.394 e. The first kappa shape index (κ1) is 24.9. The van der Waals surface area contributed by atoms with Gasteiger partial charge in [-0.15, -0.1) is 0 Å². The number of carbonyl (C=O) groups excluding carboxylic acids is 1. The first-order valence-corrected chi connectivity index (χ1v) is 12.0. The summed E-state index contributed by atoms with van der Waals surface area (Å²) in [5.74, 6) is -0.165. The van der Waals surface area contributed by atoms with Gasteiger partial charge in [0.25, 0.3) is 0 Å². The summed E-state index contributed by atoms with van der Waals surface area (Å²) >= 11 is 0. The molecule has 0 bridgehead atoms. The van der Waals surface area contributed by atoms with Crippen LogP contribution in [0.3, 0.4) is 0 Å². The van der Waals surface area contributed by atoms with Crippen LogP contribution in [0.25, 0.3) is 22.2 Å². The van der Waals surface area contributed by atoms with E-state index in [9.17, 15) is 15.2 Å². The maximum absolute atomic E-state index is 12.7. The molecule has 1 aromatic carbocycles. The molecule has 4 atom stereocenters. The van der Waals surface area contributed by atoms with Crippen LogP contribution < -0.4 is 5.73 Å². The number of aryl methyl sites for hydroxylation is 1. The van der Waals surface area contributed by atoms with Gasteiger partial charge in [0, 0.05) is 49.8 Å². The lowest BCUT2D eigenvalue weighted by molar-refractivity contribution is -0.162. The second kappa shape index (κ2) is 9.78. The fourth-order valence-corrected chi connectivity index (χ4v) is 5.89. The number of amides is 1. The normalized spacial score (nSPS) is 23.3. The number of hydrogen-bond acceptors (Lipinski definition) is 6. The minimum atomic E-state index is -0.903. The highest BCUT2D eigenvalue weighted by Crippen LogP contribution is 2.47. The van der Waals surface area contributed by atoms with Gasteiger partial charge in [-0.1, -0.05) is 32.0 Å². The van der Waals surface area contributed by atoms with Crippen molar-refractivity contribution in [3.63, 3.8) is 0 Å². The highest BCUT2D eigenvalue weighted by atomic mass is 16.5. The smallest absolute Gasteiger partial charge is 0.241 e. The number of aromatic amines is 1. The van der Waals surface area contributed by atoms with Gasteiger partial charge in [-0.05, 0) is 41.7 Å². The molecule has 1 fully saturated rings. The van der Waals surface area contributed by atoms with E-state index in [4.69, 9.17) is 10.5 Å². The van der Waals surface area contributed by atoms with Crippen LogP contribution in [0.15, 0.2) is 36.7 Å². The number of benzene rings is 1. The Morgan fingerprint density at radius 3 is 2.83 bits per heavy atom. The van der Waals surface area contributed by atoms with Crippen molar-refractivity contribution >= 4 is 16.9 Å². The zero-order valence-electron chi connectivity index (χ0n) is 20.7. The minimum absolute atomic E-state index is 0.00749. The fraction of sp³-hybridized carbons (Fsp3) is 0.444. The summed E-state index contributed by atoms with van der Waals surface area (Å²) in [7, 11) is 1.74. The lowest BCUT2D eigenvalue weighted by Gasteiger charge is -2.52. The van der Waals surface area contributed by atoms with Crippen LogP contribution in [0, 0.1) is 30.1 Å². The number of nitrogens with two attached hydrogens (primary N) is 1. The number of aromatic nitrogens is 2. The van der Waals surface area contributed by atoms with Crippen molar-refractivity contribution < 1.29 is 14.6 Å². The van der Waals surface area contributed by atoms with E-state index in [2.05, 4.69) is 55.0 Å². The lowest BCUT2D eigenvalue weighted by atomic mass is 9.67. The lowest BCUT2D eigenvalue weighted by Crippen LogP contribution is -2.60. The van der Waals surface area contributed by atoms with Crippen LogP contribution in [0.5, 0.6) is 0 Å². The highest BCUT2D eigenvalue weighted by molar-refractivity contribution is 5.97. The molecule has 1 amide bonds. The van der Waals surface area contributed by atoms with E-state index in [0.717, 1.165) is 34.1 Å². The van der Waals surface area contributed by atoms with Crippen LogP contribution in [0.1, 0.15) is 37.0 Å². The number of hydrogen-bond donors (Lipinski definition) is 3. The summed E-state index contributed by atoms with van der Waals surface area (Å²) in [4.78, 5) is 22.0. The van der Waals surface area contributed by atoms with E-state index in [1.807, 2.05) is 6.07 Å². The molecule has 0 aliphatic carbocycles. The standard InChI is InChI=1S/C27H33N5O3/c1-5-20-14-32(26(34)23(29)15-33)13-17(3)27(20,35-4)22-7-6-18(10-16(22)2)21-8-9-30-25-24(21)19(11-28)12-31-25/h6-10,12,17,20,23,33H,5,13-15,29H2,1-4H3,(H,30,31)/t17-,20+,23?,27-/m1/s1. The number of methoxy groups -OCH3 is 1. The number of aliphatic hydroxyl groups excluding tert-OH is 1. The third-order valence-electron chi connectivity index (χ3n) is 7.58. The molecule has 8 nitrogen and oxygen atoms in total. The van der Waals surface area contributed by atoms with Crippen molar-refractivity contribution in [2.75, 3.05) is 26.8 Å². The highest BCUT2D eigenvalue weighted by Gasteiger charge is 2.50. The van der Waals surface area contributed by atoms with E-state index in [0.29, 0.717) is 24.3 Å². The number of piperidine rings is 1. The van der Waals surface area contributed by atoms with E-state index in [1.54, 1.807) is 24.4 Å². The molecule has 4 rings (SSSR count). The van der Waals surface area contributed by atoms with Gasteiger partial charge in [-0.2, -0.15) is 5.26 Å². The summed E-state index contributed by atoms with van der Waals surface area (Å²) in [5, 5.41) is 19.8. The summed E-state index contributed by atoms with van der Waals surface area (Å²) in [6.07, 6.45) is 4.25. The van der Waals surface area contributed by atoms with Gasteiger partial charge in [0.05, 0.1) is 12.2 Å². The summed E-state index contributed by atoms with van der Waals surface area (Å²) in [5.41, 5.74) is 10.7. The Morgan fingerprint density at radius 2 is 2.20 bits per heavy atom. The van der Waals surface area contributed by atoms with Crippen LogP contribution in [0.4, 0.5) is 0 Å². The maximum Gasteiger partial charge on any atom is 0.241 e. The molecule has 35 heavy (non-hydrogen) atoms. The van der Waals surface area contributed by atoms with Crippen LogP contribution in [0.2, 0.25) is 0 Å². The molecule has 3 heterocycles. The zero-order chi connectivity index (χ0) is 25.3. The van der Waals surface area contributed by atoms with Gasteiger partial charge >= 0.3 is 0 Å². The van der Waals surface area contributed by atoms with Crippen LogP contribution in [-0.4, -0.2) is 58.7 Å². The molecule has 2 aromatic heterocycles. The van der Waals surface area contributed by atoms with Crippen molar-refractivity contribution in [2.45, 2.75) is 38.8 Å². The summed E-state index contributed by atoms with van der Waals surface area (Å²) in [6.45, 7) is 6.94.